The lowest BCUT2D eigenvalue weighted by Crippen LogP contribution is -2.40. The Hall–Kier alpha value is -0.940. The molecule has 1 aliphatic rings. The summed E-state index contributed by atoms with van der Waals surface area (Å²) in [4.78, 5) is 4.79. The topological polar surface area (TPSA) is 35.9 Å². The summed E-state index contributed by atoms with van der Waals surface area (Å²) >= 11 is 0. The van der Waals surface area contributed by atoms with E-state index < -0.39 is 0 Å². The summed E-state index contributed by atoms with van der Waals surface area (Å²) in [7, 11) is 2.15. The van der Waals surface area contributed by atoms with Crippen LogP contribution in [0, 0.1) is 0 Å². The Bertz CT molecular complexity index is 361. The fourth-order valence-electron chi connectivity index (χ4n) is 2.28. The Kier molecular flexibility index (Phi) is 5.79. The summed E-state index contributed by atoms with van der Waals surface area (Å²) in [6, 6.07) is 8.17. The molecule has 1 aliphatic heterocycles. The first-order chi connectivity index (χ1) is 9.28. The van der Waals surface area contributed by atoms with Gasteiger partial charge in [-0.2, -0.15) is 0 Å². The first kappa shape index (κ1) is 14.5. The first-order valence-electron chi connectivity index (χ1n) is 6.95. The minimum atomic E-state index is 0.118. The molecule has 0 bridgehead atoms. The number of morpholine rings is 1. The van der Waals surface area contributed by atoms with E-state index in [1.165, 1.54) is 5.56 Å². The average Bonchev–Trinajstić information content (AvgIpc) is 2.47. The lowest BCUT2D eigenvalue weighted by atomic mass is 10.1. The summed E-state index contributed by atoms with van der Waals surface area (Å²) in [6.07, 6.45) is 0. The van der Waals surface area contributed by atoms with Crippen molar-refractivity contribution in [3.63, 3.8) is 0 Å². The molecule has 19 heavy (non-hydrogen) atoms. The number of likely N-dealkylation sites (N-methyl/N-ethyl adjacent to an activating group) is 1. The van der Waals surface area contributed by atoms with Crippen LogP contribution in [0.15, 0.2) is 24.3 Å². The van der Waals surface area contributed by atoms with Crippen molar-refractivity contribution < 1.29 is 9.84 Å². The number of rotatable bonds is 6. The summed E-state index contributed by atoms with van der Waals surface area (Å²) in [5.41, 5.74) is 2.27. The Morgan fingerprint density at radius 1 is 1.16 bits per heavy atom. The molecule has 1 aromatic rings. The molecule has 0 aliphatic carbocycles. The lowest BCUT2D eigenvalue weighted by Gasteiger charge is -2.28. The minimum Gasteiger partial charge on any atom is -0.392 e. The summed E-state index contributed by atoms with van der Waals surface area (Å²) in [5.74, 6) is 0. The van der Waals surface area contributed by atoms with Gasteiger partial charge in [-0.15, -0.1) is 0 Å². The highest BCUT2D eigenvalue weighted by molar-refractivity contribution is 5.21. The van der Waals surface area contributed by atoms with Gasteiger partial charge in [0.05, 0.1) is 19.8 Å². The molecule has 1 heterocycles. The zero-order valence-electron chi connectivity index (χ0n) is 11.7. The molecular formula is C15H24N2O2. The number of aliphatic hydroxyl groups is 1. The van der Waals surface area contributed by atoms with E-state index in [9.17, 15) is 0 Å². The largest absolute Gasteiger partial charge is 0.392 e. The van der Waals surface area contributed by atoms with Crippen molar-refractivity contribution in [3.8, 4) is 0 Å². The quantitative estimate of drug-likeness (QED) is 0.829. The third-order valence-corrected chi connectivity index (χ3v) is 3.56. The fraction of sp³-hybridized carbons (Fsp3) is 0.600. The van der Waals surface area contributed by atoms with Gasteiger partial charge in [-0.1, -0.05) is 24.3 Å². The third-order valence-electron chi connectivity index (χ3n) is 3.56. The molecule has 0 saturated carbocycles. The first-order valence-corrected chi connectivity index (χ1v) is 6.95. The van der Waals surface area contributed by atoms with Crippen LogP contribution in [0.3, 0.4) is 0 Å². The molecule has 1 saturated heterocycles. The maximum Gasteiger partial charge on any atom is 0.0681 e. The van der Waals surface area contributed by atoms with Crippen LogP contribution in [0.5, 0.6) is 0 Å². The van der Waals surface area contributed by atoms with Crippen LogP contribution < -0.4 is 0 Å². The number of nitrogens with zero attached hydrogens (tertiary/aromatic N) is 2. The number of ether oxygens (including phenoxy) is 1. The van der Waals surface area contributed by atoms with Crippen LogP contribution in [-0.2, 0) is 17.9 Å². The molecule has 106 valence electrons. The molecule has 0 amide bonds. The molecule has 0 spiro atoms. The van der Waals surface area contributed by atoms with Crippen LogP contribution >= 0.6 is 0 Å². The summed E-state index contributed by atoms with van der Waals surface area (Å²) in [6.45, 7) is 7.09. The van der Waals surface area contributed by atoms with Gasteiger partial charge >= 0.3 is 0 Å². The van der Waals surface area contributed by atoms with Crippen molar-refractivity contribution in [2.45, 2.75) is 13.2 Å². The van der Waals surface area contributed by atoms with Gasteiger partial charge in [-0.05, 0) is 18.2 Å². The second kappa shape index (κ2) is 7.60. The Balaban J connectivity index is 1.71. The van der Waals surface area contributed by atoms with Crippen molar-refractivity contribution >= 4 is 0 Å². The maximum absolute atomic E-state index is 9.01. The molecule has 0 radical (unpaired) electrons. The Morgan fingerprint density at radius 3 is 2.42 bits per heavy atom. The predicted octanol–water partition coefficient (Wildman–Crippen LogP) is 0.943. The zero-order chi connectivity index (χ0) is 13.5. The van der Waals surface area contributed by atoms with E-state index in [-0.39, 0.29) is 6.61 Å². The van der Waals surface area contributed by atoms with Gasteiger partial charge in [0.1, 0.15) is 0 Å². The summed E-state index contributed by atoms with van der Waals surface area (Å²) < 4.78 is 5.35. The van der Waals surface area contributed by atoms with Gasteiger partial charge < -0.3 is 14.7 Å². The summed E-state index contributed by atoms with van der Waals surface area (Å²) in [5, 5.41) is 9.01. The average molecular weight is 264 g/mol. The molecular weight excluding hydrogens is 240 g/mol. The van der Waals surface area contributed by atoms with Crippen LogP contribution in [0.2, 0.25) is 0 Å². The number of hydrogen-bond donors (Lipinski definition) is 1. The molecule has 4 heteroatoms. The highest BCUT2D eigenvalue weighted by Crippen LogP contribution is 2.07. The van der Waals surface area contributed by atoms with Crippen LogP contribution in [0.1, 0.15) is 11.1 Å². The van der Waals surface area contributed by atoms with Crippen LogP contribution in [0.4, 0.5) is 0 Å². The van der Waals surface area contributed by atoms with E-state index in [2.05, 4.69) is 29.0 Å². The smallest absolute Gasteiger partial charge is 0.0681 e. The third kappa shape index (κ3) is 4.91. The molecule has 4 nitrogen and oxygen atoms in total. The second-order valence-corrected chi connectivity index (χ2v) is 5.17. The van der Waals surface area contributed by atoms with E-state index in [1.807, 2.05) is 12.1 Å². The molecule has 1 fully saturated rings. The van der Waals surface area contributed by atoms with Gasteiger partial charge in [0.15, 0.2) is 0 Å². The van der Waals surface area contributed by atoms with Crippen molar-refractivity contribution in [3.05, 3.63) is 35.4 Å². The highest BCUT2D eigenvalue weighted by Gasteiger charge is 2.10. The van der Waals surface area contributed by atoms with E-state index >= 15 is 0 Å². The van der Waals surface area contributed by atoms with Gasteiger partial charge in [0, 0.05) is 32.7 Å². The molecule has 0 aromatic heterocycles. The minimum absolute atomic E-state index is 0.118. The van der Waals surface area contributed by atoms with E-state index in [0.717, 1.165) is 51.5 Å². The molecule has 1 N–H and O–H groups in total. The Labute approximate surface area is 115 Å². The number of hydrogen-bond acceptors (Lipinski definition) is 4. The van der Waals surface area contributed by atoms with E-state index in [4.69, 9.17) is 9.84 Å². The zero-order valence-corrected chi connectivity index (χ0v) is 11.7. The fourth-order valence-corrected chi connectivity index (χ4v) is 2.28. The van der Waals surface area contributed by atoms with E-state index in [0.29, 0.717) is 0 Å². The van der Waals surface area contributed by atoms with Gasteiger partial charge in [0.2, 0.25) is 0 Å². The van der Waals surface area contributed by atoms with Crippen LogP contribution in [0.25, 0.3) is 0 Å². The van der Waals surface area contributed by atoms with E-state index in [1.54, 1.807) is 0 Å². The Morgan fingerprint density at radius 2 is 1.79 bits per heavy atom. The van der Waals surface area contributed by atoms with Crippen LogP contribution in [-0.4, -0.2) is 61.3 Å². The number of aliphatic hydroxyl groups excluding tert-OH is 1. The van der Waals surface area contributed by atoms with Crippen molar-refractivity contribution in [1.82, 2.24) is 9.80 Å². The molecule has 0 unspecified atom stereocenters. The predicted molar refractivity (Wildman–Crippen MR) is 76.0 cm³/mol. The number of benzene rings is 1. The molecule has 1 aromatic carbocycles. The molecule has 0 atom stereocenters. The van der Waals surface area contributed by atoms with Gasteiger partial charge in [-0.25, -0.2) is 0 Å². The van der Waals surface area contributed by atoms with Gasteiger partial charge in [-0.3, -0.25) is 4.90 Å². The van der Waals surface area contributed by atoms with Crippen molar-refractivity contribution in [2.24, 2.45) is 0 Å². The van der Waals surface area contributed by atoms with Gasteiger partial charge in [0.25, 0.3) is 0 Å². The normalized spacial score (nSPS) is 17.0. The molecule has 2 rings (SSSR count). The highest BCUT2D eigenvalue weighted by atomic mass is 16.5. The SMILES string of the molecule is CN(CCN1CCOCC1)Cc1ccc(CO)cc1. The monoisotopic (exact) mass is 264 g/mol. The van der Waals surface area contributed by atoms with Crippen molar-refractivity contribution in [2.75, 3.05) is 46.4 Å². The maximum atomic E-state index is 9.01. The van der Waals surface area contributed by atoms with Crippen molar-refractivity contribution in [1.29, 1.82) is 0 Å². The standard InChI is InChI=1S/C15H24N2O2/c1-16(6-7-17-8-10-19-11-9-17)12-14-2-4-15(13-18)5-3-14/h2-5,18H,6-13H2,1H3. The second-order valence-electron chi connectivity index (χ2n) is 5.17. The lowest BCUT2D eigenvalue weighted by molar-refractivity contribution is 0.0342.